The van der Waals surface area contributed by atoms with E-state index in [0.717, 1.165) is 43.9 Å². The van der Waals surface area contributed by atoms with E-state index in [0.29, 0.717) is 17.2 Å². The number of hydrogen-bond donors (Lipinski definition) is 0. The molecule has 2 aliphatic carbocycles. The van der Waals surface area contributed by atoms with Crippen LogP contribution in [0.3, 0.4) is 0 Å². The fourth-order valence-corrected chi connectivity index (χ4v) is 6.37. The molecule has 1 aromatic carbocycles. The van der Waals surface area contributed by atoms with Crippen LogP contribution in [0.2, 0.25) is 0 Å². The number of fused-ring (bicyclic) bond motifs is 4. The number of hydrogen-bond acceptors (Lipinski definition) is 4. The molecular formula is C25H34N4O2. The lowest BCUT2D eigenvalue weighted by atomic mass is 9.64. The number of benzene rings is 1. The zero-order valence-corrected chi connectivity index (χ0v) is 18.8. The molecule has 5 rings (SSSR count). The van der Waals surface area contributed by atoms with Gasteiger partial charge in [-0.25, -0.2) is 4.68 Å². The Kier molecular flexibility index (Phi) is 5.49. The molecule has 2 atom stereocenters. The molecule has 3 aliphatic rings. The van der Waals surface area contributed by atoms with Gasteiger partial charge >= 0.3 is 0 Å². The molecule has 0 radical (unpaired) electrons. The average Bonchev–Trinajstić information content (AvgIpc) is 3.24. The molecule has 1 spiro atoms. The highest BCUT2D eigenvalue weighted by atomic mass is 16.5. The van der Waals surface area contributed by atoms with E-state index in [-0.39, 0.29) is 17.5 Å². The summed E-state index contributed by atoms with van der Waals surface area (Å²) in [5.74, 6) is 2.85. The molecule has 0 N–H and O–H groups in total. The average molecular weight is 423 g/mol. The molecule has 0 bridgehead atoms. The first kappa shape index (κ1) is 20.5. The van der Waals surface area contributed by atoms with Crippen molar-refractivity contribution in [1.29, 1.82) is 0 Å². The summed E-state index contributed by atoms with van der Waals surface area (Å²) in [5.41, 5.74) is 0.692. The molecule has 2 saturated carbocycles. The standard InChI is InChI=1S/C25H34N4O2/c1-3-10-22-26-24-28(23(30)18-11-9-12-19(17-18)31-2)21-14-6-5-13-20(21)25(29(24)27-22)15-7-4-8-16-25/h9,11-12,17,20-21H,3-8,10,13-16H2,1-2H3/t20-,21+/m1/s1. The van der Waals surface area contributed by atoms with Crippen LogP contribution < -0.4 is 9.64 Å². The Labute approximate surface area is 185 Å². The van der Waals surface area contributed by atoms with Gasteiger partial charge in [-0.1, -0.05) is 45.1 Å². The quantitative estimate of drug-likeness (QED) is 0.686. The number of nitrogens with zero attached hydrogens (tertiary/aromatic N) is 4. The molecule has 1 aromatic heterocycles. The number of amides is 1. The van der Waals surface area contributed by atoms with Gasteiger partial charge in [-0.05, 0) is 50.3 Å². The summed E-state index contributed by atoms with van der Waals surface area (Å²) in [6.45, 7) is 2.16. The van der Waals surface area contributed by atoms with Gasteiger partial charge in [0.25, 0.3) is 5.91 Å². The molecule has 1 aliphatic heterocycles. The van der Waals surface area contributed by atoms with Gasteiger partial charge in [0, 0.05) is 23.9 Å². The number of rotatable bonds is 4. The van der Waals surface area contributed by atoms with Crippen LogP contribution in [0.4, 0.5) is 5.95 Å². The lowest BCUT2D eigenvalue weighted by Crippen LogP contribution is -2.61. The number of anilines is 1. The van der Waals surface area contributed by atoms with Crippen LogP contribution in [0, 0.1) is 5.92 Å². The van der Waals surface area contributed by atoms with E-state index in [1.165, 1.54) is 38.5 Å². The van der Waals surface area contributed by atoms with Crippen LogP contribution in [-0.4, -0.2) is 33.8 Å². The second kappa shape index (κ2) is 8.29. The van der Waals surface area contributed by atoms with Crippen molar-refractivity contribution in [2.75, 3.05) is 12.0 Å². The maximum atomic E-state index is 13.9. The predicted octanol–water partition coefficient (Wildman–Crippen LogP) is 5.12. The molecule has 1 amide bonds. The molecule has 2 aromatic rings. The van der Waals surface area contributed by atoms with Gasteiger partial charge in [0.15, 0.2) is 5.82 Å². The summed E-state index contributed by atoms with van der Waals surface area (Å²) >= 11 is 0. The van der Waals surface area contributed by atoms with Crippen LogP contribution in [0.1, 0.15) is 87.3 Å². The van der Waals surface area contributed by atoms with E-state index in [1.54, 1.807) is 7.11 Å². The first-order valence-electron chi connectivity index (χ1n) is 12.1. The van der Waals surface area contributed by atoms with E-state index in [1.807, 2.05) is 29.2 Å². The van der Waals surface area contributed by atoms with Crippen molar-refractivity contribution in [3.63, 3.8) is 0 Å². The Morgan fingerprint density at radius 1 is 1.16 bits per heavy atom. The van der Waals surface area contributed by atoms with E-state index < -0.39 is 0 Å². The molecule has 0 unspecified atom stereocenters. The Bertz CT molecular complexity index is 947. The smallest absolute Gasteiger partial charge is 0.261 e. The minimum Gasteiger partial charge on any atom is -0.497 e. The topological polar surface area (TPSA) is 60.2 Å². The highest BCUT2D eigenvalue weighted by molar-refractivity contribution is 6.06. The Balaban J connectivity index is 1.65. The number of carbonyl (C=O) groups is 1. The Morgan fingerprint density at radius 2 is 1.97 bits per heavy atom. The Hall–Kier alpha value is -2.37. The van der Waals surface area contributed by atoms with Crippen molar-refractivity contribution in [2.45, 2.75) is 89.1 Å². The number of aromatic nitrogens is 3. The van der Waals surface area contributed by atoms with Gasteiger partial charge in [0.05, 0.1) is 12.6 Å². The summed E-state index contributed by atoms with van der Waals surface area (Å²) in [5, 5.41) is 5.06. The van der Waals surface area contributed by atoms with Crippen molar-refractivity contribution in [3.05, 3.63) is 35.7 Å². The molecule has 6 nitrogen and oxygen atoms in total. The number of carbonyl (C=O) groups excluding carboxylic acids is 1. The number of methoxy groups -OCH3 is 1. The second-order valence-corrected chi connectivity index (χ2v) is 9.52. The minimum atomic E-state index is 0.0261. The number of ether oxygens (including phenoxy) is 1. The van der Waals surface area contributed by atoms with Crippen LogP contribution in [0.5, 0.6) is 5.75 Å². The highest BCUT2D eigenvalue weighted by Gasteiger charge is 2.55. The molecular weight excluding hydrogens is 388 g/mol. The minimum absolute atomic E-state index is 0.0261. The van der Waals surface area contributed by atoms with Crippen LogP contribution in [-0.2, 0) is 12.0 Å². The molecule has 2 heterocycles. The third-order valence-corrected chi connectivity index (χ3v) is 7.75. The third kappa shape index (κ3) is 3.35. The maximum Gasteiger partial charge on any atom is 0.261 e. The van der Waals surface area contributed by atoms with Crippen LogP contribution >= 0.6 is 0 Å². The predicted molar refractivity (Wildman–Crippen MR) is 121 cm³/mol. The fourth-order valence-electron chi connectivity index (χ4n) is 6.37. The van der Waals surface area contributed by atoms with Gasteiger partial charge in [0.2, 0.25) is 5.95 Å². The van der Waals surface area contributed by atoms with Crippen molar-refractivity contribution < 1.29 is 9.53 Å². The van der Waals surface area contributed by atoms with E-state index in [4.69, 9.17) is 14.8 Å². The summed E-state index contributed by atoms with van der Waals surface area (Å²) in [6.07, 6.45) is 12.6. The van der Waals surface area contributed by atoms with Gasteiger partial charge in [-0.2, -0.15) is 10.1 Å². The monoisotopic (exact) mass is 422 g/mol. The van der Waals surface area contributed by atoms with E-state index >= 15 is 0 Å². The van der Waals surface area contributed by atoms with E-state index in [2.05, 4.69) is 11.6 Å². The Morgan fingerprint density at radius 3 is 2.74 bits per heavy atom. The van der Waals surface area contributed by atoms with Crippen molar-refractivity contribution >= 4 is 11.9 Å². The lowest BCUT2D eigenvalue weighted by molar-refractivity contribution is 0.0311. The van der Waals surface area contributed by atoms with Crippen LogP contribution in [0.15, 0.2) is 24.3 Å². The van der Waals surface area contributed by atoms with Gasteiger partial charge in [-0.15, -0.1) is 0 Å². The first-order chi connectivity index (χ1) is 15.2. The first-order valence-corrected chi connectivity index (χ1v) is 12.1. The summed E-state index contributed by atoms with van der Waals surface area (Å²) < 4.78 is 7.60. The fraction of sp³-hybridized carbons (Fsp3) is 0.640. The summed E-state index contributed by atoms with van der Waals surface area (Å²) in [6, 6.07) is 7.72. The molecule has 0 saturated heterocycles. The largest absolute Gasteiger partial charge is 0.497 e. The second-order valence-electron chi connectivity index (χ2n) is 9.52. The van der Waals surface area contributed by atoms with Crippen LogP contribution in [0.25, 0.3) is 0 Å². The third-order valence-electron chi connectivity index (χ3n) is 7.75. The van der Waals surface area contributed by atoms with Crippen molar-refractivity contribution in [3.8, 4) is 5.75 Å². The zero-order chi connectivity index (χ0) is 21.4. The highest BCUT2D eigenvalue weighted by Crippen LogP contribution is 2.53. The molecule has 31 heavy (non-hydrogen) atoms. The van der Waals surface area contributed by atoms with Gasteiger partial charge in [0.1, 0.15) is 5.75 Å². The summed E-state index contributed by atoms with van der Waals surface area (Å²) in [7, 11) is 1.64. The zero-order valence-electron chi connectivity index (χ0n) is 18.8. The SMILES string of the molecule is CCCc1nc2n(n1)C1(CCCCC1)[C@@H]1CCCC[C@@H]1N2C(=O)c1cccc(OC)c1. The van der Waals surface area contributed by atoms with E-state index in [9.17, 15) is 4.79 Å². The van der Waals surface area contributed by atoms with Gasteiger partial charge < -0.3 is 4.74 Å². The van der Waals surface area contributed by atoms with Gasteiger partial charge in [-0.3, -0.25) is 9.69 Å². The molecule has 2 fully saturated rings. The van der Waals surface area contributed by atoms with Crippen molar-refractivity contribution in [1.82, 2.24) is 14.8 Å². The maximum absolute atomic E-state index is 13.9. The molecule has 6 heteroatoms. The normalized spacial score (nSPS) is 24.5. The molecule has 166 valence electrons. The summed E-state index contributed by atoms with van der Waals surface area (Å²) in [4.78, 5) is 20.9. The van der Waals surface area contributed by atoms with Crippen molar-refractivity contribution in [2.24, 2.45) is 5.92 Å². The number of aryl methyl sites for hydroxylation is 1. The lowest BCUT2D eigenvalue weighted by Gasteiger charge is -2.55.